The zero-order valence-corrected chi connectivity index (χ0v) is 19.7. The van der Waals surface area contributed by atoms with Gasteiger partial charge in [0.15, 0.2) is 5.11 Å². The lowest BCUT2D eigenvalue weighted by atomic mass is 10.1. The van der Waals surface area contributed by atoms with Gasteiger partial charge in [-0.2, -0.15) is 5.10 Å². The molecule has 0 saturated carbocycles. The van der Waals surface area contributed by atoms with E-state index in [1.807, 2.05) is 55.8 Å². The van der Waals surface area contributed by atoms with Crippen LogP contribution in [0.25, 0.3) is 11.0 Å². The quantitative estimate of drug-likeness (QED) is 0.285. The van der Waals surface area contributed by atoms with Crippen LogP contribution >= 0.6 is 28.1 Å². The molecule has 0 amide bonds. The molecule has 31 heavy (non-hydrogen) atoms. The van der Waals surface area contributed by atoms with E-state index in [-0.39, 0.29) is 5.63 Å². The van der Waals surface area contributed by atoms with Crippen LogP contribution in [-0.2, 0) is 6.54 Å². The molecule has 0 aliphatic carbocycles. The molecule has 2 aromatic carbocycles. The van der Waals surface area contributed by atoms with Gasteiger partial charge in [-0.25, -0.2) is 4.79 Å². The molecule has 0 unspecified atom stereocenters. The molecule has 2 aromatic heterocycles. The number of aromatic nitrogens is 2. The summed E-state index contributed by atoms with van der Waals surface area (Å²) in [6.07, 6.45) is 0. The predicted molar refractivity (Wildman–Crippen MR) is 132 cm³/mol. The summed E-state index contributed by atoms with van der Waals surface area (Å²) < 4.78 is 8.31. The van der Waals surface area contributed by atoms with E-state index in [4.69, 9.17) is 16.6 Å². The molecule has 4 aromatic rings. The lowest BCUT2D eigenvalue weighted by Crippen LogP contribution is -2.19. The number of benzene rings is 2. The monoisotopic (exact) mass is 496 g/mol. The third kappa shape index (κ3) is 4.70. The first-order valence-electron chi connectivity index (χ1n) is 9.71. The van der Waals surface area contributed by atoms with Gasteiger partial charge in [0.05, 0.1) is 22.4 Å². The minimum absolute atomic E-state index is 0.366. The van der Waals surface area contributed by atoms with E-state index in [1.54, 1.807) is 6.07 Å². The summed E-state index contributed by atoms with van der Waals surface area (Å²) >= 11 is 9.04. The van der Waals surface area contributed by atoms with Crippen molar-refractivity contribution >= 4 is 55.6 Å². The largest absolute Gasteiger partial charge is 0.423 e. The van der Waals surface area contributed by atoms with Crippen LogP contribution in [0.3, 0.4) is 0 Å². The summed E-state index contributed by atoms with van der Waals surface area (Å²) in [6.45, 7) is 6.57. The first-order chi connectivity index (χ1) is 14.8. The Balaban J connectivity index is 1.47. The second kappa shape index (κ2) is 8.64. The smallest absolute Gasteiger partial charge is 0.336 e. The van der Waals surface area contributed by atoms with Crippen LogP contribution in [-0.4, -0.2) is 14.9 Å². The maximum atomic E-state index is 11.6. The lowest BCUT2D eigenvalue weighted by molar-refractivity contribution is 0.560. The molecule has 2 heterocycles. The van der Waals surface area contributed by atoms with Crippen LogP contribution in [0, 0.1) is 20.8 Å². The highest BCUT2D eigenvalue weighted by atomic mass is 79.9. The molecule has 0 atom stereocenters. The second-order valence-electron chi connectivity index (χ2n) is 7.38. The Morgan fingerprint density at radius 3 is 2.55 bits per heavy atom. The number of nitrogens with one attached hydrogen (secondary N) is 2. The molecule has 2 N–H and O–H groups in total. The molecular weight excluding hydrogens is 476 g/mol. The van der Waals surface area contributed by atoms with E-state index in [0.29, 0.717) is 17.2 Å². The number of hydrogen-bond acceptors (Lipinski definition) is 4. The van der Waals surface area contributed by atoms with E-state index in [9.17, 15) is 4.79 Å². The van der Waals surface area contributed by atoms with Gasteiger partial charge in [-0.05, 0) is 84.3 Å². The van der Waals surface area contributed by atoms with Crippen LogP contribution in [0.5, 0.6) is 0 Å². The third-order valence-corrected chi connectivity index (χ3v) is 6.37. The van der Waals surface area contributed by atoms with Crippen molar-refractivity contribution in [3.63, 3.8) is 0 Å². The zero-order valence-electron chi connectivity index (χ0n) is 17.3. The molecule has 158 valence electrons. The summed E-state index contributed by atoms with van der Waals surface area (Å²) in [5, 5.41) is 12.3. The number of thiocarbonyl (C=S) groups is 1. The highest BCUT2D eigenvalue weighted by Crippen LogP contribution is 2.22. The van der Waals surface area contributed by atoms with E-state index in [0.717, 1.165) is 43.7 Å². The van der Waals surface area contributed by atoms with E-state index >= 15 is 0 Å². The molecule has 0 saturated heterocycles. The molecule has 4 rings (SSSR count). The number of aryl methyl sites for hydroxylation is 2. The molecule has 0 aliphatic heterocycles. The topological polar surface area (TPSA) is 72.1 Å². The van der Waals surface area contributed by atoms with Gasteiger partial charge in [0, 0.05) is 28.9 Å². The normalized spacial score (nSPS) is 11.0. The van der Waals surface area contributed by atoms with Gasteiger partial charge in [0.1, 0.15) is 5.58 Å². The Hall–Kier alpha value is -2.97. The average molecular weight is 497 g/mol. The van der Waals surface area contributed by atoms with Crippen molar-refractivity contribution in [3.8, 4) is 0 Å². The second-order valence-corrected chi connectivity index (χ2v) is 8.58. The maximum absolute atomic E-state index is 11.6. The minimum Gasteiger partial charge on any atom is -0.423 e. The van der Waals surface area contributed by atoms with Gasteiger partial charge in [0.2, 0.25) is 0 Å². The summed E-state index contributed by atoms with van der Waals surface area (Å²) in [7, 11) is 0. The maximum Gasteiger partial charge on any atom is 0.336 e. The Kier molecular flexibility index (Phi) is 5.93. The molecule has 8 heteroatoms. The van der Waals surface area contributed by atoms with Gasteiger partial charge in [-0.15, -0.1) is 0 Å². The first-order valence-corrected chi connectivity index (χ1v) is 10.9. The molecular formula is C23H21BrN4O2S. The highest BCUT2D eigenvalue weighted by molar-refractivity contribution is 9.10. The van der Waals surface area contributed by atoms with Crippen LogP contribution in [0.1, 0.15) is 22.5 Å². The van der Waals surface area contributed by atoms with Gasteiger partial charge in [0.25, 0.3) is 0 Å². The summed E-state index contributed by atoms with van der Waals surface area (Å²) in [5.74, 6) is 0. The summed E-state index contributed by atoms with van der Waals surface area (Å²) in [5.41, 5.74) is 5.81. The van der Waals surface area contributed by atoms with Crippen molar-refractivity contribution in [3.05, 3.63) is 85.9 Å². The predicted octanol–water partition coefficient (Wildman–Crippen LogP) is 5.53. The number of rotatable bonds is 4. The van der Waals surface area contributed by atoms with Crippen molar-refractivity contribution in [2.45, 2.75) is 27.3 Å². The van der Waals surface area contributed by atoms with Crippen LogP contribution in [0.15, 0.2) is 62.2 Å². The van der Waals surface area contributed by atoms with Crippen molar-refractivity contribution in [2.75, 3.05) is 10.6 Å². The highest BCUT2D eigenvalue weighted by Gasteiger charge is 2.10. The third-order valence-electron chi connectivity index (χ3n) is 5.02. The van der Waals surface area contributed by atoms with Crippen LogP contribution in [0.2, 0.25) is 0 Å². The van der Waals surface area contributed by atoms with Crippen LogP contribution < -0.4 is 16.3 Å². The van der Waals surface area contributed by atoms with Crippen molar-refractivity contribution in [2.24, 2.45) is 0 Å². The number of hydrogen-bond donors (Lipinski definition) is 2. The molecule has 0 fully saturated rings. The molecule has 0 radical (unpaired) electrons. The van der Waals surface area contributed by atoms with Crippen molar-refractivity contribution < 1.29 is 4.42 Å². The lowest BCUT2D eigenvalue weighted by Gasteiger charge is -2.12. The summed E-state index contributed by atoms with van der Waals surface area (Å²) in [6, 6.07) is 15.1. The molecule has 0 aliphatic rings. The standard InChI is InChI=1S/C23H21BrN4O2S/c1-13-9-21(29)30-20-11-18(7-8-19(13)20)26-23(31)25-17-6-4-5-16(10-17)12-28-15(3)22(24)14(2)27-28/h4-11H,12H2,1-3H3,(H2,25,26,31). The van der Waals surface area contributed by atoms with E-state index in [1.165, 1.54) is 6.07 Å². The Morgan fingerprint density at radius 1 is 1.10 bits per heavy atom. The SMILES string of the molecule is Cc1nn(Cc2cccc(NC(=S)Nc3ccc4c(C)cc(=O)oc4c3)c2)c(C)c1Br. The summed E-state index contributed by atoms with van der Waals surface area (Å²) in [4.78, 5) is 11.6. The number of halogens is 1. The average Bonchev–Trinajstić information content (AvgIpc) is 2.94. The Bertz CT molecular complexity index is 1360. The fraction of sp³-hybridized carbons (Fsp3) is 0.174. The number of nitrogens with zero attached hydrogens (tertiary/aromatic N) is 2. The Labute approximate surface area is 193 Å². The minimum atomic E-state index is -0.366. The fourth-order valence-corrected chi connectivity index (χ4v) is 3.97. The van der Waals surface area contributed by atoms with E-state index < -0.39 is 0 Å². The first kappa shape index (κ1) is 21.3. The van der Waals surface area contributed by atoms with Crippen molar-refractivity contribution in [1.82, 2.24) is 9.78 Å². The van der Waals surface area contributed by atoms with Gasteiger partial charge < -0.3 is 15.1 Å². The van der Waals surface area contributed by atoms with Gasteiger partial charge in [-0.3, -0.25) is 4.68 Å². The van der Waals surface area contributed by atoms with Crippen molar-refractivity contribution in [1.29, 1.82) is 0 Å². The molecule has 0 bridgehead atoms. The van der Waals surface area contributed by atoms with Crippen LogP contribution in [0.4, 0.5) is 11.4 Å². The fourth-order valence-electron chi connectivity index (χ4n) is 3.45. The Morgan fingerprint density at radius 2 is 1.84 bits per heavy atom. The molecule has 6 nitrogen and oxygen atoms in total. The van der Waals surface area contributed by atoms with Gasteiger partial charge in [-0.1, -0.05) is 12.1 Å². The molecule has 0 spiro atoms. The zero-order chi connectivity index (χ0) is 22.1. The number of anilines is 2. The van der Waals surface area contributed by atoms with E-state index in [2.05, 4.69) is 37.7 Å². The van der Waals surface area contributed by atoms with Gasteiger partial charge >= 0.3 is 5.63 Å². The number of fused-ring (bicyclic) bond motifs is 1.